The molecule has 0 rings (SSSR count). The van der Waals surface area contributed by atoms with Gasteiger partial charge in [-0.25, -0.2) is 0 Å². The number of nitrogens with one attached hydrogen (secondary N) is 1. The van der Waals surface area contributed by atoms with Crippen molar-refractivity contribution in [3.8, 4) is 0 Å². The molecule has 0 fully saturated rings. The number of hydrogen-bond donors (Lipinski definition) is 3. The standard InChI is InChI=1S/C71H137NO5/c1-3-5-7-9-11-13-15-17-36-41-45-49-53-57-61-65-71(76)77-66-62-58-54-50-46-42-38-35-33-31-29-27-25-23-21-19-20-22-24-26-28-30-32-34-37-40-44-48-52-56-60-64-70(75)72-68(67-73)69(74)63-59-55-51-47-43-39-18-16-14-12-10-8-6-4-2/h17,36,59,63,68-69,73-74H,3-16,18-35,37-58,60-62,64-67H2,1-2H3,(H,72,75)/b36-17-,63-59+. The van der Waals surface area contributed by atoms with Gasteiger partial charge < -0.3 is 20.3 Å². The lowest BCUT2D eigenvalue weighted by atomic mass is 10.0. The maximum atomic E-state index is 12.5. The Labute approximate surface area is 481 Å². The van der Waals surface area contributed by atoms with E-state index in [0.29, 0.717) is 19.4 Å². The third kappa shape index (κ3) is 63.4. The smallest absolute Gasteiger partial charge is 0.305 e. The maximum Gasteiger partial charge on any atom is 0.305 e. The summed E-state index contributed by atoms with van der Waals surface area (Å²) in [5.41, 5.74) is 0. The molecule has 0 saturated heterocycles. The summed E-state index contributed by atoms with van der Waals surface area (Å²) >= 11 is 0. The van der Waals surface area contributed by atoms with Crippen LogP contribution in [0.5, 0.6) is 0 Å². The molecular weight excluding hydrogens is 947 g/mol. The van der Waals surface area contributed by atoms with Crippen molar-refractivity contribution >= 4 is 11.9 Å². The molecule has 6 nitrogen and oxygen atoms in total. The van der Waals surface area contributed by atoms with Crippen LogP contribution in [0.25, 0.3) is 0 Å². The second-order valence-corrected chi connectivity index (χ2v) is 24.2. The molecule has 0 heterocycles. The lowest BCUT2D eigenvalue weighted by Crippen LogP contribution is -2.45. The van der Waals surface area contributed by atoms with Gasteiger partial charge in [0.05, 0.1) is 25.4 Å². The zero-order valence-electron chi connectivity index (χ0n) is 52.2. The fraction of sp³-hybridized carbons (Fsp3) is 0.915. The van der Waals surface area contributed by atoms with Crippen molar-refractivity contribution in [1.82, 2.24) is 5.32 Å². The second-order valence-electron chi connectivity index (χ2n) is 24.2. The fourth-order valence-electron chi connectivity index (χ4n) is 11.1. The Balaban J connectivity index is 3.33. The number of ether oxygens (including phenoxy) is 1. The molecule has 0 aliphatic carbocycles. The van der Waals surface area contributed by atoms with Crippen molar-refractivity contribution in [1.29, 1.82) is 0 Å². The molecule has 0 aromatic rings. The summed E-state index contributed by atoms with van der Waals surface area (Å²) in [5, 5.41) is 23.1. The van der Waals surface area contributed by atoms with E-state index < -0.39 is 12.1 Å². The number of rotatable bonds is 66. The lowest BCUT2D eigenvalue weighted by Gasteiger charge is -2.20. The summed E-state index contributed by atoms with van der Waals surface area (Å²) in [4.78, 5) is 24.5. The molecule has 3 N–H and O–H groups in total. The van der Waals surface area contributed by atoms with Gasteiger partial charge in [-0.2, -0.15) is 0 Å². The summed E-state index contributed by atoms with van der Waals surface area (Å²) < 4.78 is 5.49. The minimum Gasteiger partial charge on any atom is -0.466 e. The van der Waals surface area contributed by atoms with E-state index >= 15 is 0 Å². The molecule has 2 unspecified atom stereocenters. The summed E-state index contributed by atoms with van der Waals surface area (Å²) in [7, 11) is 0. The topological polar surface area (TPSA) is 95.9 Å². The number of aliphatic hydroxyl groups is 2. The molecule has 456 valence electrons. The first-order valence-electron chi connectivity index (χ1n) is 35.1. The van der Waals surface area contributed by atoms with E-state index in [9.17, 15) is 19.8 Å². The van der Waals surface area contributed by atoms with Crippen LogP contribution in [-0.4, -0.2) is 47.4 Å². The van der Waals surface area contributed by atoms with E-state index in [-0.39, 0.29) is 18.5 Å². The predicted octanol–water partition coefficient (Wildman–Crippen LogP) is 22.5. The number of allylic oxidation sites excluding steroid dienone is 3. The van der Waals surface area contributed by atoms with E-state index in [0.717, 1.165) is 44.9 Å². The average molecular weight is 1080 g/mol. The Bertz CT molecular complexity index is 1200. The Morgan fingerprint density at radius 2 is 0.610 bits per heavy atom. The maximum absolute atomic E-state index is 12.5. The van der Waals surface area contributed by atoms with Gasteiger partial charge in [-0.05, 0) is 57.8 Å². The molecule has 0 radical (unpaired) electrons. The van der Waals surface area contributed by atoms with Crippen molar-refractivity contribution in [2.45, 2.75) is 405 Å². The predicted molar refractivity (Wildman–Crippen MR) is 338 cm³/mol. The highest BCUT2D eigenvalue weighted by Crippen LogP contribution is 2.19. The van der Waals surface area contributed by atoms with Crippen LogP contribution >= 0.6 is 0 Å². The first-order valence-corrected chi connectivity index (χ1v) is 35.1. The van der Waals surface area contributed by atoms with Gasteiger partial charge in [0.2, 0.25) is 5.91 Å². The van der Waals surface area contributed by atoms with E-state index in [1.807, 2.05) is 6.08 Å². The van der Waals surface area contributed by atoms with Crippen LogP contribution in [0, 0.1) is 0 Å². The van der Waals surface area contributed by atoms with Crippen molar-refractivity contribution in [2.75, 3.05) is 13.2 Å². The molecule has 1 amide bonds. The molecule has 0 bridgehead atoms. The average Bonchev–Trinajstić information content (AvgIpc) is 3.43. The zero-order chi connectivity index (χ0) is 55.7. The number of unbranched alkanes of at least 4 members (excludes halogenated alkanes) is 53. The molecular formula is C71H137NO5. The largest absolute Gasteiger partial charge is 0.466 e. The van der Waals surface area contributed by atoms with Crippen LogP contribution in [0.1, 0.15) is 393 Å². The molecule has 0 saturated carbocycles. The minimum absolute atomic E-state index is 0.0130. The number of amides is 1. The minimum atomic E-state index is -0.840. The van der Waals surface area contributed by atoms with Gasteiger partial charge in [0.1, 0.15) is 0 Å². The second kappa shape index (κ2) is 66.8. The Morgan fingerprint density at radius 3 is 0.922 bits per heavy atom. The number of hydrogen-bond acceptors (Lipinski definition) is 5. The number of carbonyl (C=O) groups is 2. The summed E-state index contributed by atoms with van der Waals surface area (Å²) in [5.74, 6) is -0.0488. The molecule has 0 aromatic heterocycles. The summed E-state index contributed by atoms with van der Waals surface area (Å²) in [6.45, 7) is 4.92. The molecule has 0 aliphatic heterocycles. The fourth-order valence-corrected chi connectivity index (χ4v) is 11.1. The van der Waals surface area contributed by atoms with Crippen LogP contribution in [0.4, 0.5) is 0 Å². The summed E-state index contributed by atoms with van der Waals surface area (Å²) in [6, 6.07) is -0.624. The van der Waals surface area contributed by atoms with Gasteiger partial charge in [0.25, 0.3) is 0 Å². The van der Waals surface area contributed by atoms with Gasteiger partial charge in [0, 0.05) is 12.8 Å². The highest BCUT2D eigenvalue weighted by Gasteiger charge is 2.18. The highest BCUT2D eigenvalue weighted by molar-refractivity contribution is 5.76. The first kappa shape index (κ1) is 75.3. The molecule has 2 atom stereocenters. The Morgan fingerprint density at radius 1 is 0.351 bits per heavy atom. The molecule has 0 spiro atoms. The quantitative estimate of drug-likeness (QED) is 0.0320. The molecule has 77 heavy (non-hydrogen) atoms. The normalized spacial score (nSPS) is 12.6. The molecule has 0 aliphatic rings. The number of esters is 1. The van der Waals surface area contributed by atoms with Crippen LogP contribution in [0.2, 0.25) is 0 Å². The van der Waals surface area contributed by atoms with Crippen LogP contribution in [0.3, 0.4) is 0 Å². The number of aliphatic hydroxyl groups excluding tert-OH is 2. The van der Waals surface area contributed by atoms with Gasteiger partial charge in [-0.1, -0.05) is 346 Å². The SMILES string of the molecule is CCCCCCCC/C=C\CCCCCCCC(=O)OCCCCCCCCCCCCCCCCCCCCCCCCCCCCCCCCCC(=O)NC(CO)C(O)/C=C/CCCCCCCCCCCCCC. The van der Waals surface area contributed by atoms with E-state index in [1.54, 1.807) is 6.08 Å². The molecule has 6 heteroatoms. The van der Waals surface area contributed by atoms with Crippen LogP contribution < -0.4 is 5.32 Å². The zero-order valence-corrected chi connectivity index (χ0v) is 52.2. The first-order chi connectivity index (χ1) is 38.0. The molecule has 0 aromatic carbocycles. The number of carbonyl (C=O) groups excluding carboxylic acids is 2. The van der Waals surface area contributed by atoms with Crippen molar-refractivity contribution in [3.05, 3.63) is 24.3 Å². The Kier molecular flexibility index (Phi) is 65.4. The lowest BCUT2D eigenvalue weighted by molar-refractivity contribution is -0.143. The van der Waals surface area contributed by atoms with E-state index in [1.165, 1.54) is 321 Å². The van der Waals surface area contributed by atoms with Gasteiger partial charge >= 0.3 is 5.97 Å². The van der Waals surface area contributed by atoms with Gasteiger partial charge in [-0.15, -0.1) is 0 Å². The Hall–Kier alpha value is -1.66. The highest BCUT2D eigenvalue weighted by atomic mass is 16.5. The summed E-state index contributed by atoms with van der Waals surface area (Å²) in [6.07, 6.45) is 84.1. The van der Waals surface area contributed by atoms with Crippen molar-refractivity contribution in [2.24, 2.45) is 0 Å². The third-order valence-corrected chi connectivity index (χ3v) is 16.5. The van der Waals surface area contributed by atoms with E-state index in [2.05, 4.69) is 31.3 Å². The van der Waals surface area contributed by atoms with Crippen molar-refractivity contribution < 1.29 is 24.5 Å². The van der Waals surface area contributed by atoms with Crippen molar-refractivity contribution in [3.63, 3.8) is 0 Å². The van der Waals surface area contributed by atoms with Crippen LogP contribution in [-0.2, 0) is 14.3 Å². The van der Waals surface area contributed by atoms with Crippen LogP contribution in [0.15, 0.2) is 24.3 Å². The third-order valence-electron chi connectivity index (χ3n) is 16.5. The van der Waals surface area contributed by atoms with E-state index in [4.69, 9.17) is 4.74 Å². The van der Waals surface area contributed by atoms with Gasteiger partial charge in [-0.3, -0.25) is 9.59 Å². The monoisotopic (exact) mass is 1080 g/mol. The van der Waals surface area contributed by atoms with Gasteiger partial charge in [0.15, 0.2) is 0 Å².